The molecule has 0 spiro atoms. The number of hydrogen-bond acceptors (Lipinski definition) is 13. The fourth-order valence-electron chi connectivity index (χ4n) is 7.79. The number of carbonyl (C=O) groups excluding carboxylic acids is 4. The van der Waals surface area contributed by atoms with Crippen LogP contribution in [0, 0.1) is 5.92 Å². The van der Waals surface area contributed by atoms with E-state index in [4.69, 9.17) is 19.4 Å². The number of amides is 4. The number of benzene rings is 1. The first-order valence-corrected chi connectivity index (χ1v) is 23.7. The molecule has 4 amide bonds. The number of sulfonamides is 1. The van der Waals surface area contributed by atoms with Crippen molar-refractivity contribution in [3.63, 3.8) is 0 Å². The summed E-state index contributed by atoms with van der Waals surface area (Å²) in [7, 11) is -4.36. The first-order chi connectivity index (χ1) is 29.7. The molecule has 4 aromatic heterocycles. The molecular weight excluding hydrogens is 851 g/mol. The highest BCUT2D eigenvalue weighted by molar-refractivity contribution is 7.92. The quantitative estimate of drug-likeness (QED) is 0.141. The Bertz CT molecular complexity index is 2610. The lowest BCUT2D eigenvalue weighted by atomic mass is 10.0. The van der Waals surface area contributed by atoms with Gasteiger partial charge in [-0.15, -0.1) is 22.7 Å². The molecule has 2 aliphatic heterocycles. The molecule has 0 bridgehead atoms. The number of hydrogen-bond donors (Lipinski definition) is 3. The van der Waals surface area contributed by atoms with Crippen LogP contribution in [0.4, 0.5) is 4.79 Å². The molecule has 1 unspecified atom stereocenters. The van der Waals surface area contributed by atoms with Gasteiger partial charge in [0, 0.05) is 18.5 Å². The summed E-state index contributed by atoms with van der Waals surface area (Å²) < 4.78 is 41.7. The van der Waals surface area contributed by atoms with Gasteiger partial charge in [-0.3, -0.25) is 19.4 Å². The van der Waals surface area contributed by atoms with Gasteiger partial charge in [-0.1, -0.05) is 49.3 Å². The van der Waals surface area contributed by atoms with Gasteiger partial charge in [0.15, 0.2) is 0 Å². The monoisotopic (exact) mass is 897 g/mol. The van der Waals surface area contributed by atoms with E-state index in [1.54, 1.807) is 51.2 Å². The number of alkyl carbamates (subject to hydrolysis) is 1. The van der Waals surface area contributed by atoms with E-state index in [2.05, 4.69) is 20.3 Å². The molecule has 3 N–H and O–H groups in total. The number of ether oxygens (including phenoxy) is 2. The lowest BCUT2D eigenvalue weighted by Crippen LogP contribution is -2.58. The molecule has 0 radical (unpaired) electrons. The van der Waals surface area contributed by atoms with Gasteiger partial charge in [0.2, 0.25) is 17.7 Å². The molecule has 18 heteroatoms. The molecule has 15 nitrogen and oxygen atoms in total. The molecular formula is C44H47N7O8S3. The van der Waals surface area contributed by atoms with Crippen LogP contribution < -0.4 is 20.1 Å². The molecule has 8 rings (SSSR count). The van der Waals surface area contributed by atoms with E-state index in [1.807, 2.05) is 53.9 Å². The summed E-state index contributed by atoms with van der Waals surface area (Å²) >= 11 is 2.43. The van der Waals surface area contributed by atoms with Gasteiger partial charge in [-0.2, -0.15) is 0 Å². The minimum Gasteiger partial charge on any atom is -0.471 e. The van der Waals surface area contributed by atoms with Crippen LogP contribution in [0.1, 0.15) is 65.7 Å². The van der Waals surface area contributed by atoms with E-state index in [1.165, 1.54) is 22.3 Å². The molecule has 62 heavy (non-hydrogen) atoms. The van der Waals surface area contributed by atoms with Crippen molar-refractivity contribution in [3.8, 4) is 27.0 Å². The zero-order chi connectivity index (χ0) is 43.6. The van der Waals surface area contributed by atoms with Crippen molar-refractivity contribution in [1.29, 1.82) is 0 Å². The second-order valence-electron chi connectivity index (χ2n) is 16.6. The number of nitrogens with zero attached hydrogens (tertiary/aromatic N) is 4. The predicted molar refractivity (Wildman–Crippen MR) is 235 cm³/mol. The second-order valence-corrected chi connectivity index (χ2v) is 20.6. The number of allylic oxidation sites excluding steroid dienone is 1. The zero-order valence-electron chi connectivity index (χ0n) is 34.4. The van der Waals surface area contributed by atoms with Gasteiger partial charge < -0.3 is 25.0 Å². The van der Waals surface area contributed by atoms with Gasteiger partial charge >= 0.3 is 6.09 Å². The third kappa shape index (κ3) is 9.51. The number of rotatable bonds is 8. The van der Waals surface area contributed by atoms with Gasteiger partial charge in [0.1, 0.15) is 39.2 Å². The Labute approximate surface area is 367 Å². The van der Waals surface area contributed by atoms with Crippen LogP contribution in [0.2, 0.25) is 0 Å². The van der Waals surface area contributed by atoms with E-state index < -0.39 is 69.1 Å². The number of fused-ring (bicyclic) bond motifs is 3. The Kier molecular flexibility index (Phi) is 12.2. The summed E-state index contributed by atoms with van der Waals surface area (Å²) in [5.74, 6) is -2.37. The number of pyridine rings is 1. The van der Waals surface area contributed by atoms with E-state index >= 15 is 0 Å². The standard InChI is InChI=1S/C44H47N7O8S3/c1-43(2,3)59-42(55)48-32-18-8-6-4-5-7-14-27-25-44(27,41(54)50-62(56,57)36-21-20-34(61-36)31-17-11-12-22-45-31)49-38(52)33-24-28(26-51(33)40(32)53)58-39-37(35-19-13-23-60-35)46-29-15-9-10-16-30(29)47-39/h7,9-17,19-23,27-28,32-33H,4-6,8,18,24-26H2,1-3H3,(H,48,55)(H,49,52)(H,50,54)/b14-7-/t27?,28-,32+,33+,44-/m1/s1. The van der Waals surface area contributed by atoms with Crippen molar-refractivity contribution >= 4 is 67.5 Å². The summed E-state index contributed by atoms with van der Waals surface area (Å²) in [5.41, 5.74) is -0.103. The van der Waals surface area contributed by atoms with Crippen molar-refractivity contribution in [2.75, 3.05) is 6.54 Å². The third-order valence-electron chi connectivity index (χ3n) is 10.9. The van der Waals surface area contributed by atoms with E-state index in [9.17, 15) is 27.6 Å². The van der Waals surface area contributed by atoms with Crippen molar-refractivity contribution < 1.29 is 37.1 Å². The van der Waals surface area contributed by atoms with Crippen LogP contribution >= 0.6 is 22.7 Å². The molecule has 1 aromatic carbocycles. The van der Waals surface area contributed by atoms with Crippen LogP contribution in [0.5, 0.6) is 5.88 Å². The normalized spacial score (nSPS) is 23.8. The Morgan fingerprint density at radius 1 is 0.952 bits per heavy atom. The van der Waals surface area contributed by atoms with Crippen molar-refractivity contribution in [2.45, 2.75) is 99.3 Å². The SMILES string of the molecule is CC(C)(C)OC(=O)N[C@H]1CCCCC/C=C\C2C[C@@]2(C(=O)NS(=O)(=O)c2ccc(-c3ccccn3)s2)NC(=O)[C@@H]2C[C@@H](Oc3nc4ccccc4nc3-c3cccs3)CN2C1=O. The molecule has 1 aliphatic carbocycles. The van der Waals surface area contributed by atoms with Crippen LogP contribution in [0.3, 0.4) is 0 Å². The van der Waals surface area contributed by atoms with Gasteiger partial charge in [0.05, 0.1) is 33.0 Å². The minimum absolute atomic E-state index is 0.00286. The summed E-state index contributed by atoms with van der Waals surface area (Å²) in [6, 6.07) is 17.3. The largest absolute Gasteiger partial charge is 0.471 e. The Morgan fingerprint density at radius 2 is 1.74 bits per heavy atom. The molecule has 5 atom stereocenters. The molecule has 2 fully saturated rings. The molecule has 6 heterocycles. The van der Waals surface area contributed by atoms with Gasteiger partial charge in [-0.25, -0.2) is 27.9 Å². The Hall–Kier alpha value is -5.72. The maximum Gasteiger partial charge on any atom is 0.408 e. The maximum absolute atomic E-state index is 14.7. The number of para-hydroxylation sites is 2. The molecule has 5 aromatic rings. The van der Waals surface area contributed by atoms with E-state index in [0.717, 1.165) is 29.1 Å². The number of nitrogens with one attached hydrogen (secondary N) is 3. The predicted octanol–water partition coefficient (Wildman–Crippen LogP) is 6.62. The Balaban J connectivity index is 1.10. The average Bonchev–Trinajstić information content (AvgIpc) is 3.73. The lowest BCUT2D eigenvalue weighted by molar-refractivity contribution is -0.141. The minimum atomic E-state index is -4.36. The highest BCUT2D eigenvalue weighted by atomic mass is 32.2. The van der Waals surface area contributed by atoms with Crippen molar-refractivity contribution in [1.82, 2.24) is 35.2 Å². The van der Waals surface area contributed by atoms with E-state index in [-0.39, 0.29) is 35.9 Å². The second kappa shape index (κ2) is 17.6. The lowest BCUT2D eigenvalue weighted by Gasteiger charge is -2.30. The highest BCUT2D eigenvalue weighted by Gasteiger charge is 2.62. The van der Waals surface area contributed by atoms with Crippen molar-refractivity contribution in [2.24, 2.45) is 5.92 Å². The number of carbonyl (C=O) groups is 4. The topological polar surface area (TPSA) is 199 Å². The first kappa shape index (κ1) is 42.9. The highest BCUT2D eigenvalue weighted by Crippen LogP contribution is 2.46. The fraction of sp³-hybridized carbons (Fsp3) is 0.386. The maximum atomic E-state index is 14.7. The zero-order valence-corrected chi connectivity index (χ0v) is 36.9. The van der Waals surface area contributed by atoms with Gasteiger partial charge in [-0.05, 0) is 94.3 Å². The van der Waals surface area contributed by atoms with Crippen LogP contribution in [-0.2, 0) is 29.1 Å². The molecule has 1 saturated carbocycles. The Morgan fingerprint density at radius 3 is 2.48 bits per heavy atom. The van der Waals surface area contributed by atoms with Gasteiger partial charge in [0.25, 0.3) is 15.9 Å². The number of thiophene rings is 2. The van der Waals surface area contributed by atoms with Crippen molar-refractivity contribution in [3.05, 3.63) is 90.5 Å². The summed E-state index contributed by atoms with van der Waals surface area (Å²) in [6.07, 6.45) is 7.01. The summed E-state index contributed by atoms with van der Waals surface area (Å²) in [4.78, 5) is 73.6. The third-order valence-corrected chi connectivity index (χ3v) is 14.7. The number of aromatic nitrogens is 3. The van der Waals surface area contributed by atoms with Crippen LogP contribution in [-0.4, -0.2) is 88.0 Å². The molecule has 1 saturated heterocycles. The molecule has 3 aliphatic rings. The first-order valence-electron chi connectivity index (χ1n) is 20.5. The smallest absolute Gasteiger partial charge is 0.408 e. The summed E-state index contributed by atoms with van der Waals surface area (Å²) in [6.45, 7) is 5.12. The average molecular weight is 898 g/mol. The van der Waals surface area contributed by atoms with E-state index in [0.29, 0.717) is 40.1 Å². The van der Waals surface area contributed by atoms with Crippen LogP contribution in [0.25, 0.3) is 32.2 Å². The van der Waals surface area contributed by atoms with Crippen LogP contribution in [0.15, 0.2) is 94.7 Å². The summed E-state index contributed by atoms with van der Waals surface area (Å²) in [5, 5.41) is 7.58. The fourth-order valence-corrected chi connectivity index (χ4v) is 10.8. The molecule has 324 valence electrons.